The van der Waals surface area contributed by atoms with Crippen molar-refractivity contribution in [1.29, 1.82) is 0 Å². The molecular weight excluding hydrogens is 270 g/mol. The normalized spacial score (nSPS) is 21.6. The fraction of sp³-hybridized carbons (Fsp3) is 0.467. The minimum Gasteiger partial charge on any atom is -0.472 e. The fourth-order valence-corrected chi connectivity index (χ4v) is 2.62. The molecule has 3 rings (SSSR count). The van der Waals surface area contributed by atoms with Crippen LogP contribution < -0.4 is 5.32 Å². The summed E-state index contributed by atoms with van der Waals surface area (Å²) in [6.07, 6.45) is 8.89. The molecule has 0 bridgehead atoms. The molecule has 1 aliphatic rings. The largest absolute Gasteiger partial charge is 0.472 e. The smallest absolute Gasteiger partial charge is 0.220 e. The van der Waals surface area contributed by atoms with Crippen LogP contribution in [-0.4, -0.2) is 28.3 Å². The van der Waals surface area contributed by atoms with Crippen molar-refractivity contribution in [2.45, 2.75) is 31.4 Å². The molecule has 2 aromatic heterocycles. The molecule has 3 heterocycles. The summed E-state index contributed by atoms with van der Waals surface area (Å²) in [4.78, 5) is 12.1. The van der Waals surface area contributed by atoms with Gasteiger partial charge in [0.2, 0.25) is 5.91 Å². The number of carbonyl (C=O) groups is 1. The molecular formula is C15H19N3O3. The van der Waals surface area contributed by atoms with Crippen molar-refractivity contribution >= 4 is 5.91 Å². The maximum absolute atomic E-state index is 12.1. The number of amides is 1. The Labute approximate surface area is 123 Å². The number of hydrogen-bond donors (Lipinski definition) is 1. The number of nitrogens with one attached hydrogen (secondary N) is 1. The van der Waals surface area contributed by atoms with Crippen LogP contribution in [0.25, 0.3) is 0 Å². The van der Waals surface area contributed by atoms with Crippen molar-refractivity contribution in [3.63, 3.8) is 0 Å². The Morgan fingerprint density at radius 2 is 2.48 bits per heavy atom. The Balaban J connectivity index is 1.54. The monoisotopic (exact) mass is 289 g/mol. The average molecular weight is 289 g/mol. The van der Waals surface area contributed by atoms with Crippen molar-refractivity contribution < 1.29 is 13.9 Å². The molecule has 0 spiro atoms. The number of aromatic nitrogens is 2. The number of nitrogens with zero attached hydrogens (tertiary/aromatic N) is 2. The molecule has 1 fully saturated rings. The molecule has 2 atom stereocenters. The predicted octanol–water partition coefficient (Wildman–Crippen LogP) is 1.59. The highest BCUT2D eigenvalue weighted by Gasteiger charge is 2.31. The molecule has 0 radical (unpaired) electrons. The topological polar surface area (TPSA) is 69.3 Å². The maximum atomic E-state index is 12.1. The first-order valence-corrected chi connectivity index (χ1v) is 7.13. The van der Waals surface area contributed by atoms with Crippen LogP contribution in [0.3, 0.4) is 0 Å². The van der Waals surface area contributed by atoms with E-state index in [0.717, 1.165) is 17.5 Å². The Morgan fingerprint density at radius 3 is 3.19 bits per heavy atom. The van der Waals surface area contributed by atoms with E-state index >= 15 is 0 Å². The summed E-state index contributed by atoms with van der Waals surface area (Å²) in [5, 5.41) is 7.23. The highest BCUT2D eigenvalue weighted by molar-refractivity contribution is 5.76. The Hall–Kier alpha value is -2.08. The minimum absolute atomic E-state index is 0.0195. The molecule has 0 unspecified atom stereocenters. The van der Waals surface area contributed by atoms with Crippen molar-refractivity contribution in [3.8, 4) is 0 Å². The predicted molar refractivity (Wildman–Crippen MR) is 75.5 cm³/mol. The third-order valence-electron chi connectivity index (χ3n) is 3.71. The third-order valence-corrected chi connectivity index (χ3v) is 3.71. The summed E-state index contributed by atoms with van der Waals surface area (Å²) in [5.74, 6) is 0.0422. The Kier molecular flexibility index (Phi) is 4.06. The average Bonchev–Trinajstić information content (AvgIpc) is 3.17. The van der Waals surface area contributed by atoms with Gasteiger partial charge in [0.05, 0.1) is 24.8 Å². The van der Waals surface area contributed by atoms with Crippen molar-refractivity contribution in [2.24, 2.45) is 7.05 Å². The van der Waals surface area contributed by atoms with Gasteiger partial charge in [-0.2, -0.15) is 5.10 Å². The number of hydrogen-bond acceptors (Lipinski definition) is 4. The van der Waals surface area contributed by atoms with Gasteiger partial charge in [0.1, 0.15) is 6.10 Å². The molecule has 0 saturated carbocycles. The third kappa shape index (κ3) is 3.33. The quantitative estimate of drug-likeness (QED) is 0.907. The van der Waals surface area contributed by atoms with E-state index < -0.39 is 0 Å². The van der Waals surface area contributed by atoms with E-state index in [9.17, 15) is 4.79 Å². The second kappa shape index (κ2) is 6.13. The highest BCUT2D eigenvalue weighted by atomic mass is 16.5. The molecule has 0 aromatic carbocycles. The van der Waals surface area contributed by atoms with Gasteiger partial charge >= 0.3 is 0 Å². The first-order valence-electron chi connectivity index (χ1n) is 7.13. The summed E-state index contributed by atoms with van der Waals surface area (Å²) in [6.45, 7) is 0.659. The van der Waals surface area contributed by atoms with Gasteiger partial charge in [0, 0.05) is 31.8 Å². The fourth-order valence-electron chi connectivity index (χ4n) is 2.62. The van der Waals surface area contributed by atoms with E-state index in [0.29, 0.717) is 19.4 Å². The van der Waals surface area contributed by atoms with Crippen LogP contribution >= 0.6 is 0 Å². The minimum atomic E-state index is -0.100. The molecule has 21 heavy (non-hydrogen) atoms. The molecule has 1 N–H and O–H groups in total. The second-order valence-corrected chi connectivity index (χ2v) is 5.33. The van der Waals surface area contributed by atoms with E-state index in [2.05, 4.69) is 10.4 Å². The Bertz CT molecular complexity index is 591. The van der Waals surface area contributed by atoms with Gasteiger partial charge < -0.3 is 14.5 Å². The number of furan rings is 1. The van der Waals surface area contributed by atoms with Crippen molar-refractivity contribution in [3.05, 3.63) is 42.1 Å². The Morgan fingerprint density at radius 1 is 1.57 bits per heavy atom. The summed E-state index contributed by atoms with van der Waals surface area (Å²) < 4.78 is 12.5. The molecule has 112 valence electrons. The SMILES string of the molecule is Cn1cc([C@H]2OCC[C@@H]2NC(=O)CCc2ccoc2)cn1. The van der Waals surface area contributed by atoms with E-state index in [1.54, 1.807) is 23.4 Å². The summed E-state index contributed by atoms with van der Waals surface area (Å²) in [5.41, 5.74) is 2.05. The van der Waals surface area contributed by atoms with Gasteiger partial charge in [-0.25, -0.2) is 0 Å². The lowest BCUT2D eigenvalue weighted by molar-refractivity contribution is -0.122. The van der Waals surface area contributed by atoms with Crippen molar-refractivity contribution in [1.82, 2.24) is 15.1 Å². The molecule has 0 aliphatic carbocycles. The maximum Gasteiger partial charge on any atom is 0.220 e. The van der Waals surface area contributed by atoms with Gasteiger partial charge in [0.15, 0.2) is 0 Å². The molecule has 6 heteroatoms. The molecule has 1 amide bonds. The van der Waals surface area contributed by atoms with Crippen LogP contribution in [0.1, 0.15) is 30.1 Å². The van der Waals surface area contributed by atoms with E-state index in [1.807, 2.05) is 19.3 Å². The lowest BCUT2D eigenvalue weighted by atomic mass is 10.0. The molecule has 2 aromatic rings. The van der Waals surface area contributed by atoms with Gasteiger partial charge in [-0.05, 0) is 24.5 Å². The van der Waals surface area contributed by atoms with Crippen LogP contribution in [0.15, 0.2) is 35.4 Å². The molecule has 1 aliphatic heterocycles. The summed E-state index contributed by atoms with van der Waals surface area (Å²) in [7, 11) is 1.87. The van der Waals surface area contributed by atoms with Crippen LogP contribution in [0.2, 0.25) is 0 Å². The first-order chi connectivity index (χ1) is 10.2. The summed E-state index contributed by atoms with van der Waals surface area (Å²) in [6, 6.07) is 1.90. The summed E-state index contributed by atoms with van der Waals surface area (Å²) >= 11 is 0. The van der Waals surface area contributed by atoms with Crippen LogP contribution in [0.5, 0.6) is 0 Å². The molecule has 1 saturated heterocycles. The van der Waals surface area contributed by atoms with Crippen LogP contribution in [-0.2, 0) is 23.0 Å². The molecule has 6 nitrogen and oxygen atoms in total. The number of aryl methyl sites for hydroxylation is 2. The van der Waals surface area contributed by atoms with Gasteiger partial charge in [-0.3, -0.25) is 9.48 Å². The van der Waals surface area contributed by atoms with Gasteiger partial charge in [0.25, 0.3) is 0 Å². The number of carbonyl (C=O) groups excluding carboxylic acids is 1. The van der Waals surface area contributed by atoms with Gasteiger partial charge in [-0.15, -0.1) is 0 Å². The van der Waals surface area contributed by atoms with Crippen LogP contribution in [0.4, 0.5) is 0 Å². The standard InChI is InChI=1S/C15H19N3O3/c1-18-9-12(8-16-18)15-13(5-7-21-15)17-14(19)3-2-11-4-6-20-10-11/h4,6,8-10,13,15H,2-3,5,7H2,1H3,(H,17,19)/t13-,15+/m0/s1. The zero-order valence-electron chi connectivity index (χ0n) is 12.0. The number of rotatable bonds is 5. The van der Waals surface area contributed by atoms with Gasteiger partial charge in [-0.1, -0.05) is 0 Å². The van der Waals surface area contributed by atoms with E-state index in [-0.39, 0.29) is 18.1 Å². The lowest BCUT2D eigenvalue weighted by Crippen LogP contribution is -2.36. The number of ether oxygens (including phenoxy) is 1. The first kappa shape index (κ1) is 13.9. The van der Waals surface area contributed by atoms with E-state index in [4.69, 9.17) is 9.15 Å². The zero-order valence-corrected chi connectivity index (χ0v) is 12.0. The van der Waals surface area contributed by atoms with E-state index in [1.165, 1.54) is 0 Å². The second-order valence-electron chi connectivity index (χ2n) is 5.33. The van der Waals surface area contributed by atoms with Crippen LogP contribution in [0, 0.1) is 0 Å². The lowest BCUT2D eigenvalue weighted by Gasteiger charge is -2.18. The zero-order chi connectivity index (χ0) is 14.7. The van der Waals surface area contributed by atoms with Crippen molar-refractivity contribution in [2.75, 3.05) is 6.61 Å². The highest BCUT2D eigenvalue weighted by Crippen LogP contribution is 2.28.